The van der Waals surface area contributed by atoms with Crippen LogP contribution in [0.15, 0.2) is 84.9 Å². The van der Waals surface area contributed by atoms with E-state index in [1.807, 2.05) is 36.4 Å². The summed E-state index contributed by atoms with van der Waals surface area (Å²) in [5.74, 6) is 6.38. The first-order valence-corrected chi connectivity index (χ1v) is 7.10. The molecule has 0 nitrogen and oxygen atoms in total. The van der Waals surface area contributed by atoms with Gasteiger partial charge in [-0.1, -0.05) is 72.5 Å². The van der Waals surface area contributed by atoms with Crippen LogP contribution in [-0.2, 0) is 6.42 Å². The minimum absolute atomic E-state index is 0.966. The summed E-state index contributed by atoms with van der Waals surface area (Å²) in [6.07, 6.45) is 0.966. The lowest BCUT2D eigenvalue weighted by Crippen LogP contribution is -1.87. The van der Waals surface area contributed by atoms with Crippen molar-refractivity contribution in [2.75, 3.05) is 0 Å². The second kappa shape index (κ2) is 6.59. The molecule has 0 aliphatic heterocycles. The Labute approximate surface area is 126 Å². The molecule has 0 amide bonds. The van der Waals surface area contributed by atoms with Gasteiger partial charge >= 0.3 is 0 Å². The van der Waals surface area contributed by atoms with Crippen LogP contribution in [0.2, 0.25) is 0 Å². The minimum atomic E-state index is 0.966. The van der Waals surface area contributed by atoms with E-state index in [-0.39, 0.29) is 0 Å². The number of benzene rings is 3. The zero-order chi connectivity index (χ0) is 14.3. The molecule has 0 unspecified atom stereocenters. The van der Waals surface area contributed by atoms with Crippen LogP contribution in [0.3, 0.4) is 0 Å². The van der Waals surface area contributed by atoms with Gasteiger partial charge in [-0.25, -0.2) is 0 Å². The lowest BCUT2D eigenvalue weighted by molar-refractivity contribution is 1.19. The fraction of sp³-hybridized carbons (Fsp3) is 0.0476. The van der Waals surface area contributed by atoms with Gasteiger partial charge in [0.25, 0.3) is 0 Å². The molecular weight excluding hydrogens is 252 g/mol. The normalized spacial score (nSPS) is 9.71. The molecule has 0 aliphatic carbocycles. The summed E-state index contributed by atoms with van der Waals surface area (Å²) in [5.41, 5.74) is 4.74. The summed E-state index contributed by atoms with van der Waals surface area (Å²) >= 11 is 0. The van der Waals surface area contributed by atoms with Gasteiger partial charge in [0.15, 0.2) is 0 Å². The Balaban J connectivity index is 1.72. The van der Waals surface area contributed by atoms with Gasteiger partial charge in [-0.2, -0.15) is 0 Å². The summed E-state index contributed by atoms with van der Waals surface area (Å²) in [6, 6.07) is 29.1. The van der Waals surface area contributed by atoms with Gasteiger partial charge in [-0.15, -0.1) is 0 Å². The van der Waals surface area contributed by atoms with Gasteiger partial charge in [-0.05, 0) is 41.8 Å². The second-order valence-electron chi connectivity index (χ2n) is 4.98. The maximum Gasteiger partial charge on any atom is 0.0249 e. The zero-order valence-corrected chi connectivity index (χ0v) is 11.8. The molecule has 0 bridgehead atoms. The first-order chi connectivity index (χ1) is 10.4. The zero-order valence-electron chi connectivity index (χ0n) is 11.8. The van der Waals surface area contributed by atoms with Crippen LogP contribution in [0.25, 0.3) is 0 Å². The molecule has 0 saturated heterocycles. The molecule has 0 heterocycles. The number of hydrogen-bond donors (Lipinski definition) is 0. The second-order valence-corrected chi connectivity index (χ2v) is 4.98. The largest absolute Gasteiger partial charge is 0.0622 e. The van der Waals surface area contributed by atoms with Crippen molar-refractivity contribution < 1.29 is 0 Å². The third-order valence-electron chi connectivity index (χ3n) is 3.33. The topological polar surface area (TPSA) is 0 Å². The molecule has 21 heavy (non-hydrogen) atoms. The molecule has 0 spiro atoms. The molecule has 0 radical (unpaired) electrons. The van der Waals surface area contributed by atoms with E-state index in [1.54, 1.807) is 0 Å². The third-order valence-corrected chi connectivity index (χ3v) is 3.33. The maximum atomic E-state index is 3.20. The van der Waals surface area contributed by atoms with Crippen LogP contribution >= 0.6 is 0 Å². The van der Waals surface area contributed by atoms with Crippen LogP contribution in [-0.4, -0.2) is 0 Å². The third kappa shape index (κ3) is 3.84. The fourth-order valence-corrected chi connectivity index (χ4v) is 2.20. The lowest BCUT2D eigenvalue weighted by atomic mass is 10.0. The standard InChI is InChI=1S/C21H16/c1-3-7-18(8-4-1)11-12-19-13-15-21(16-14-19)17-20-9-5-2-6-10-20/h1-10,13-16H,17H2. The summed E-state index contributed by atoms with van der Waals surface area (Å²) < 4.78 is 0. The van der Waals surface area contributed by atoms with Crippen molar-refractivity contribution >= 4 is 0 Å². The molecule has 0 fully saturated rings. The highest BCUT2D eigenvalue weighted by Gasteiger charge is 1.95. The van der Waals surface area contributed by atoms with E-state index in [2.05, 4.69) is 60.4 Å². The Kier molecular flexibility index (Phi) is 4.15. The highest BCUT2D eigenvalue weighted by molar-refractivity contribution is 5.43. The Morgan fingerprint density at radius 2 is 0.952 bits per heavy atom. The summed E-state index contributed by atoms with van der Waals surface area (Å²) in [5, 5.41) is 0. The Hall–Kier alpha value is -2.78. The predicted molar refractivity (Wildman–Crippen MR) is 88.1 cm³/mol. The van der Waals surface area contributed by atoms with Gasteiger partial charge in [0, 0.05) is 11.1 Å². The summed E-state index contributed by atoms with van der Waals surface area (Å²) in [7, 11) is 0. The summed E-state index contributed by atoms with van der Waals surface area (Å²) in [4.78, 5) is 0. The van der Waals surface area contributed by atoms with E-state index in [1.165, 1.54) is 11.1 Å². The van der Waals surface area contributed by atoms with Crippen LogP contribution in [0.1, 0.15) is 22.3 Å². The van der Waals surface area contributed by atoms with Crippen LogP contribution in [0.5, 0.6) is 0 Å². The Morgan fingerprint density at radius 1 is 0.476 bits per heavy atom. The smallest absolute Gasteiger partial charge is 0.0249 e. The van der Waals surface area contributed by atoms with E-state index in [9.17, 15) is 0 Å². The highest BCUT2D eigenvalue weighted by Crippen LogP contribution is 2.10. The molecule has 0 atom stereocenters. The van der Waals surface area contributed by atoms with E-state index >= 15 is 0 Å². The SMILES string of the molecule is C(#Cc1ccc(Cc2ccccc2)cc1)c1ccccc1. The first kappa shape index (κ1) is 13.2. The average Bonchev–Trinajstić information content (AvgIpc) is 2.56. The van der Waals surface area contributed by atoms with Gasteiger partial charge < -0.3 is 0 Å². The molecule has 0 saturated carbocycles. The van der Waals surface area contributed by atoms with Gasteiger partial charge in [0.2, 0.25) is 0 Å². The Morgan fingerprint density at radius 3 is 1.57 bits per heavy atom. The molecule has 0 aliphatic rings. The van der Waals surface area contributed by atoms with Crippen molar-refractivity contribution in [2.45, 2.75) is 6.42 Å². The fourth-order valence-electron chi connectivity index (χ4n) is 2.20. The van der Waals surface area contributed by atoms with Crippen molar-refractivity contribution in [3.8, 4) is 11.8 Å². The predicted octanol–water partition coefficient (Wildman–Crippen LogP) is 4.68. The molecule has 100 valence electrons. The lowest BCUT2D eigenvalue weighted by Gasteiger charge is -2.01. The van der Waals surface area contributed by atoms with Gasteiger partial charge in [-0.3, -0.25) is 0 Å². The van der Waals surface area contributed by atoms with Gasteiger partial charge in [0.05, 0.1) is 0 Å². The molecule has 0 aromatic heterocycles. The average molecular weight is 268 g/mol. The maximum absolute atomic E-state index is 3.20. The molecule has 3 aromatic carbocycles. The number of rotatable bonds is 2. The molecule has 0 N–H and O–H groups in total. The molecule has 3 aromatic rings. The van der Waals surface area contributed by atoms with Crippen LogP contribution in [0, 0.1) is 11.8 Å². The monoisotopic (exact) mass is 268 g/mol. The van der Waals surface area contributed by atoms with Gasteiger partial charge in [0.1, 0.15) is 0 Å². The molecular formula is C21H16. The Bertz CT molecular complexity index is 742. The van der Waals surface area contributed by atoms with Crippen molar-refractivity contribution in [1.29, 1.82) is 0 Å². The van der Waals surface area contributed by atoms with E-state index in [0.717, 1.165) is 17.5 Å². The van der Waals surface area contributed by atoms with Crippen molar-refractivity contribution in [2.24, 2.45) is 0 Å². The molecule has 3 rings (SSSR count). The minimum Gasteiger partial charge on any atom is -0.0622 e. The van der Waals surface area contributed by atoms with E-state index < -0.39 is 0 Å². The van der Waals surface area contributed by atoms with E-state index in [4.69, 9.17) is 0 Å². The quantitative estimate of drug-likeness (QED) is 0.592. The summed E-state index contributed by atoms with van der Waals surface area (Å²) in [6.45, 7) is 0. The van der Waals surface area contributed by atoms with Crippen LogP contribution in [0.4, 0.5) is 0 Å². The highest BCUT2D eigenvalue weighted by atomic mass is 14.0. The van der Waals surface area contributed by atoms with Crippen molar-refractivity contribution in [3.63, 3.8) is 0 Å². The number of hydrogen-bond acceptors (Lipinski definition) is 0. The van der Waals surface area contributed by atoms with Crippen molar-refractivity contribution in [3.05, 3.63) is 107 Å². The molecule has 0 heteroatoms. The van der Waals surface area contributed by atoms with Crippen LogP contribution < -0.4 is 0 Å². The first-order valence-electron chi connectivity index (χ1n) is 7.10. The van der Waals surface area contributed by atoms with Crippen molar-refractivity contribution in [1.82, 2.24) is 0 Å². The van der Waals surface area contributed by atoms with E-state index in [0.29, 0.717) is 0 Å².